The second kappa shape index (κ2) is 9.49. The minimum absolute atomic E-state index is 0.0231. The second-order valence-corrected chi connectivity index (χ2v) is 7.77. The number of rotatable bonds is 7. The molecule has 2 N–H and O–H groups in total. The zero-order chi connectivity index (χ0) is 20.1. The monoisotopic (exact) mass is 401 g/mol. The molecule has 0 saturated carbocycles. The summed E-state index contributed by atoms with van der Waals surface area (Å²) in [6.45, 7) is 4.55. The molecular weight excluding hydrogens is 370 g/mol. The first-order valence-corrected chi connectivity index (χ1v) is 10.8. The van der Waals surface area contributed by atoms with Crippen LogP contribution in [0.4, 0.5) is 17.6 Å². The predicted molar refractivity (Wildman–Crippen MR) is 114 cm³/mol. The van der Waals surface area contributed by atoms with Crippen LogP contribution in [0.3, 0.4) is 0 Å². The van der Waals surface area contributed by atoms with E-state index in [1.165, 1.54) is 12.8 Å². The van der Waals surface area contributed by atoms with Crippen molar-refractivity contribution < 1.29 is 10.2 Å². The third kappa shape index (κ3) is 4.35. The van der Waals surface area contributed by atoms with Crippen molar-refractivity contribution in [1.29, 1.82) is 0 Å². The number of hydrogen-bond donors (Lipinski definition) is 2. The molecule has 0 spiro atoms. The number of hydrogen-bond acceptors (Lipinski definition) is 9. The van der Waals surface area contributed by atoms with Gasteiger partial charge < -0.3 is 24.9 Å². The summed E-state index contributed by atoms with van der Waals surface area (Å²) >= 11 is 0. The minimum atomic E-state index is -0.0231. The maximum absolute atomic E-state index is 9.49. The van der Waals surface area contributed by atoms with E-state index in [0.29, 0.717) is 19.0 Å². The van der Waals surface area contributed by atoms with Crippen LogP contribution >= 0.6 is 0 Å². The number of anilines is 3. The van der Waals surface area contributed by atoms with Crippen LogP contribution in [0.25, 0.3) is 11.0 Å². The Kier molecular flexibility index (Phi) is 6.56. The molecule has 2 saturated heterocycles. The fraction of sp³-hybridized carbons (Fsp3) is 0.700. The van der Waals surface area contributed by atoms with Crippen molar-refractivity contribution in [2.24, 2.45) is 0 Å². The summed E-state index contributed by atoms with van der Waals surface area (Å²) in [6, 6.07) is 0. The molecule has 2 aromatic rings. The Morgan fingerprint density at radius 3 is 1.90 bits per heavy atom. The molecule has 0 amide bonds. The summed E-state index contributed by atoms with van der Waals surface area (Å²) in [7, 11) is 0. The van der Waals surface area contributed by atoms with Crippen LogP contribution in [-0.2, 0) is 0 Å². The molecule has 158 valence electrons. The normalized spacial score (nSPS) is 17.7. The second-order valence-electron chi connectivity index (χ2n) is 7.77. The molecule has 0 aromatic carbocycles. The van der Waals surface area contributed by atoms with E-state index in [1.807, 2.05) is 4.90 Å². The molecule has 4 rings (SSSR count). The lowest BCUT2D eigenvalue weighted by atomic mass is 10.1. The van der Waals surface area contributed by atoms with Gasteiger partial charge in [0.25, 0.3) is 0 Å². The lowest BCUT2D eigenvalue weighted by Crippen LogP contribution is -2.35. The molecular formula is C20H31N7O2. The first kappa shape index (κ1) is 20.0. The van der Waals surface area contributed by atoms with Crippen LogP contribution in [-0.4, -0.2) is 82.6 Å². The molecule has 9 heteroatoms. The lowest BCUT2D eigenvalue weighted by Gasteiger charge is -2.31. The van der Waals surface area contributed by atoms with Gasteiger partial charge in [-0.2, -0.15) is 4.98 Å². The Bertz CT molecular complexity index is 801. The summed E-state index contributed by atoms with van der Waals surface area (Å²) in [4.78, 5) is 25.3. The number of piperidine rings is 2. The fourth-order valence-electron chi connectivity index (χ4n) is 4.27. The quantitative estimate of drug-likeness (QED) is 0.708. The van der Waals surface area contributed by atoms with Gasteiger partial charge in [-0.05, 0) is 38.5 Å². The molecule has 2 aliphatic rings. The van der Waals surface area contributed by atoms with Crippen LogP contribution in [0, 0.1) is 0 Å². The summed E-state index contributed by atoms with van der Waals surface area (Å²) in [5, 5.41) is 19.0. The minimum Gasteiger partial charge on any atom is -0.395 e. The highest BCUT2D eigenvalue weighted by molar-refractivity contribution is 5.94. The topological polar surface area (TPSA) is 102 Å². The number of fused-ring (bicyclic) bond motifs is 1. The molecule has 29 heavy (non-hydrogen) atoms. The van der Waals surface area contributed by atoms with Gasteiger partial charge in [0, 0.05) is 39.3 Å². The van der Waals surface area contributed by atoms with Crippen molar-refractivity contribution in [1.82, 2.24) is 19.9 Å². The smallest absolute Gasteiger partial charge is 0.228 e. The van der Waals surface area contributed by atoms with Crippen LogP contribution in [0.2, 0.25) is 0 Å². The van der Waals surface area contributed by atoms with E-state index in [2.05, 4.69) is 19.8 Å². The SMILES string of the molecule is OCCN(CCO)c1nc(N2CCCCC2)c2ncnc(N3CCCCC3)c2n1. The zero-order valence-corrected chi connectivity index (χ0v) is 17.0. The van der Waals surface area contributed by atoms with Gasteiger partial charge in [0.2, 0.25) is 5.95 Å². The molecule has 9 nitrogen and oxygen atoms in total. The van der Waals surface area contributed by atoms with Crippen molar-refractivity contribution >= 4 is 28.6 Å². The fourth-order valence-corrected chi connectivity index (χ4v) is 4.27. The maximum Gasteiger partial charge on any atom is 0.228 e. The molecule has 2 aliphatic heterocycles. The molecule has 0 radical (unpaired) electrons. The molecule has 0 bridgehead atoms. The van der Waals surface area contributed by atoms with Gasteiger partial charge in [-0.1, -0.05) is 0 Å². The van der Waals surface area contributed by atoms with E-state index in [1.54, 1.807) is 6.33 Å². The van der Waals surface area contributed by atoms with E-state index in [4.69, 9.17) is 9.97 Å². The maximum atomic E-state index is 9.49. The van der Waals surface area contributed by atoms with Crippen LogP contribution < -0.4 is 14.7 Å². The first-order chi connectivity index (χ1) is 14.3. The zero-order valence-electron chi connectivity index (χ0n) is 17.0. The van der Waals surface area contributed by atoms with Crippen molar-refractivity contribution in [2.45, 2.75) is 38.5 Å². The van der Waals surface area contributed by atoms with E-state index in [-0.39, 0.29) is 13.2 Å². The van der Waals surface area contributed by atoms with Crippen LogP contribution in [0.5, 0.6) is 0 Å². The van der Waals surface area contributed by atoms with Gasteiger partial charge in [-0.25, -0.2) is 15.0 Å². The summed E-state index contributed by atoms with van der Waals surface area (Å²) in [5.41, 5.74) is 1.56. The van der Waals surface area contributed by atoms with Crippen molar-refractivity contribution in [3.8, 4) is 0 Å². The van der Waals surface area contributed by atoms with Crippen LogP contribution in [0.15, 0.2) is 6.33 Å². The third-order valence-electron chi connectivity index (χ3n) is 5.77. The van der Waals surface area contributed by atoms with Gasteiger partial charge in [0.05, 0.1) is 13.2 Å². The average Bonchev–Trinajstić information content (AvgIpc) is 2.79. The largest absolute Gasteiger partial charge is 0.395 e. The number of aliphatic hydroxyl groups excluding tert-OH is 2. The number of aromatic nitrogens is 4. The lowest BCUT2D eigenvalue weighted by molar-refractivity contribution is 0.280. The highest BCUT2D eigenvalue weighted by Gasteiger charge is 2.24. The standard InChI is InChI=1S/C20H31N7O2/c28-13-11-27(12-14-29)20-23-17-16(19(24-20)26-9-5-2-6-10-26)21-15-22-18(17)25-7-3-1-4-8-25/h15,28-29H,1-14H2. The third-order valence-corrected chi connectivity index (χ3v) is 5.77. The van der Waals surface area contributed by atoms with E-state index in [9.17, 15) is 10.2 Å². The predicted octanol–water partition coefficient (Wildman–Crippen LogP) is 1.19. The number of aliphatic hydroxyl groups is 2. The van der Waals surface area contributed by atoms with Gasteiger partial charge >= 0.3 is 0 Å². The highest BCUT2D eigenvalue weighted by Crippen LogP contribution is 2.32. The van der Waals surface area contributed by atoms with E-state index < -0.39 is 0 Å². The van der Waals surface area contributed by atoms with Crippen molar-refractivity contribution in [3.63, 3.8) is 0 Å². The molecule has 0 aliphatic carbocycles. The van der Waals surface area contributed by atoms with Crippen molar-refractivity contribution in [3.05, 3.63) is 6.33 Å². The molecule has 2 aromatic heterocycles. The average molecular weight is 402 g/mol. The summed E-state index contributed by atoms with van der Waals surface area (Å²) < 4.78 is 0. The Labute approximate surface area is 171 Å². The first-order valence-electron chi connectivity index (χ1n) is 10.8. The Morgan fingerprint density at radius 1 is 0.724 bits per heavy atom. The summed E-state index contributed by atoms with van der Waals surface area (Å²) in [5.74, 6) is 2.23. The Balaban J connectivity index is 1.84. The van der Waals surface area contributed by atoms with Gasteiger partial charge in [0.15, 0.2) is 11.6 Å². The van der Waals surface area contributed by atoms with Crippen molar-refractivity contribution in [2.75, 3.05) is 67.2 Å². The van der Waals surface area contributed by atoms with Gasteiger partial charge in [-0.15, -0.1) is 0 Å². The molecule has 0 unspecified atom stereocenters. The van der Waals surface area contributed by atoms with E-state index >= 15 is 0 Å². The Morgan fingerprint density at radius 2 is 1.31 bits per heavy atom. The molecule has 0 atom stereocenters. The Hall–Kier alpha value is -2.26. The van der Waals surface area contributed by atoms with Gasteiger partial charge in [-0.3, -0.25) is 0 Å². The van der Waals surface area contributed by atoms with Crippen LogP contribution in [0.1, 0.15) is 38.5 Å². The van der Waals surface area contributed by atoms with E-state index in [0.717, 1.165) is 74.5 Å². The molecule has 2 fully saturated rings. The highest BCUT2D eigenvalue weighted by atomic mass is 16.3. The number of nitrogens with zero attached hydrogens (tertiary/aromatic N) is 7. The molecule has 4 heterocycles. The van der Waals surface area contributed by atoms with Gasteiger partial charge in [0.1, 0.15) is 17.4 Å². The summed E-state index contributed by atoms with van der Waals surface area (Å²) in [6.07, 6.45) is 8.71.